The number of nitrogens with zero attached hydrogens (tertiary/aromatic N) is 2. The highest BCUT2D eigenvalue weighted by molar-refractivity contribution is 5.94. The highest BCUT2D eigenvalue weighted by atomic mass is 16.6. The molecule has 0 aliphatic carbocycles. The Bertz CT molecular complexity index is 1350. The third-order valence-electron chi connectivity index (χ3n) is 7.18. The van der Waals surface area contributed by atoms with E-state index in [4.69, 9.17) is 15.2 Å². The molecule has 0 unspecified atom stereocenters. The molecule has 13 heteroatoms. The van der Waals surface area contributed by atoms with Crippen molar-refractivity contribution in [1.82, 2.24) is 25.8 Å². The van der Waals surface area contributed by atoms with Crippen molar-refractivity contribution >= 4 is 35.6 Å². The maximum atomic E-state index is 13.8. The molecule has 3 atom stereocenters. The quantitative estimate of drug-likeness (QED) is 0.276. The molecule has 1 saturated heterocycles. The second kappa shape index (κ2) is 15.8. The van der Waals surface area contributed by atoms with Crippen molar-refractivity contribution in [3.05, 3.63) is 65.7 Å². The van der Waals surface area contributed by atoms with E-state index in [1.54, 1.807) is 51.1 Å². The van der Waals surface area contributed by atoms with E-state index in [1.165, 1.54) is 18.9 Å². The molecule has 2 aromatic rings. The summed E-state index contributed by atoms with van der Waals surface area (Å²) in [5.41, 5.74) is 7.21. The molecule has 3 rings (SSSR count). The van der Waals surface area contributed by atoms with E-state index in [0.29, 0.717) is 18.5 Å². The third kappa shape index (κ3) is 10.7. The van der Waals surface area contributed by atoms with E-state index in [1.807, 2.05) is 24.3 Å². The lowest BCUT2D eigenvalue weighted by Gasteiger charge is -2.31. The van der Waals surface area contributed by atoms with Crippen molar-refractivity contribution in [1.29, 1.82) is 0 Å². The zero-order valence-electron chi connectivity index (χ0n) is 26.5. The summed E-state index contributed by atoms with van der Waals surface area (Å²) in [7, 11) is 1.41. The minimum Gasteiger partial charge on any atom is -0.445 e. The fourth-order valence-electron chi connectivity index (χ4n) is 4.63. The third-order valence-corrected chi connectivity index (χ3v) is 7.18. The summed E-state index contributed by atoms with van der Waals surface area (Å²) in [6, 6.07) is 13.1. The van der Waals surface area contributed by atoms with Crippen molar-refractivity contribution in [3.63, 3.8) is 0 Å². The molecule has 0 saturated carbocycles. The van der Waals surface area contributed by atoms with E-state index in [0.717, 1.165) is 16.0 Å². The van der Waals surface area contributed by atoms with Crippen LogP contribution in [-0.4, -0.2) is 83.6 Å². The van der Waals surface area contributed by atoms with Gasteiger partial charge in [0.15, 0.2) is 0 Å². The van der Waals surface area contributed by atoms with Gasteiger partial charge in [0, 0.05) is 25.8 Å². The molecule has 5 amide bonds. The second-order valence-electron chi connectivity index (χ2n) is 11.9. The molecule has 1 aliphatic rings. The highest BCUT2D eigenvalue weighted by Gasteiger charge is 2.39. The Morgan fingerprint density at radius 2 is 1.71 bits per heavy atom. The highest BCUT2D eigenvalue weighted by Crippen LogP contribution is 2.19. The van der Waals surface area contributed by atoms with Gasteiger partial charge in [-0.05, 0) is 63.8 Å². The smallest absolute Gasteiger partial charge is 0.410 e. The van der Waals surface area contributed by atoms with E-state index in [9.17, 15) is 24.0 Å². The molecule has 5 N–H and O–H groups in total. The summed E-state index contributed by atoms with van der Waals surface area (Å²) >= 11 is 0. The Hall–Kier alpha value is -4.81. The number of ether oxygens (including phenoxy) is 2. The number of likely N-dealkylation sites (tertiary alicyclic amines) is 1. The topological polar surface area (TPSA) is 172 Å². The van der Waals surface area contributed by atoms with Gasteiger partial charge >= 0.3 is 12.2 Å². The average molecular weight is 625 g/mol. The van der Waals surface area contributed by atoms with Gasteiger partial charge in [-0.3, -0.25) is 19.3 Å². The van der Waals surface area contributed by atoms with Crippen molar-refractivity contribution in [3.8, 4) is 0 Å². The Labute approximate surface area is 263 Å². The first-order valence-electron chi connectivity index (χ1n) is 14.9. The van der Waals surface area contributed by atoms with Crippen LogP contribution in [0.1, 0.15) is 51.7 Å². The molecular weight excluding hydrogens is 580 g/mol. The number of likely N-dealkylation sites (N-methyl/N-ethyl adjacent to an activating group) is 1. The van der Waals surface area contributed by atoms with Crippen LogP contribution in [0.4, 0.5) is 15.3 Å². The van der Waals surface area contributed by atoms with Crippen molar-refractivity contribution in [2.45, 2.75) is 77.4 Å². The van der Waals surface area contributed by atoms with Crippen molar-refractivity contribution in [2.75, 3.05) is 25.9 Å². The molecule has 13 nitrogen and oxygen atoms in total. The van der Waals surface area contributed by atoms with E-state index in [2.05, 4.69) is 16.0 Å². The lowest BCUT2D eigenvalue weighted by Crippen LogP contribution is -2.59. The van der Waals surface area contributed by atoms with Gasteiger partial charge in [-0.15, -0.1) is 0 Å². The predicted octanol–water partition coefficient (Wildman–Crippen LogP) is 2.54. The molecular formula is C32H44N6O7. The number of amides is 5. The van der Waals surface area contributed by atoms with Crippen LogP contribution in [0.15, 0.2) is 54.6 Å². The van der Waals surface area contributed by atoms with E-state index >= 15 is 0 Å². The number of nitrogens with one attached hydrogen (secondary N) is 3. The van der Waals surface area contributed by atoms with Gasteiger partial charge in [-0.2, -0.15) is 0 Å². The van der Waals surface area contributed by atoms with Gasteiger partial charge < -0.3 is 36.1 Å². The van der Waals surface area contributed by atoms with Crippen LogP contribution in [0, 0.1) is 0 Å². The number of rotatable bonds is 11. The van der Waals surface area contributed by atoms with Crippen molar-refractivity contribution in [2.24, 2.45) is 0 Å². The van der Waals surface area contributed by atoms with Gasteiger partial charge in [0.05, 0.1) is 6.54 Å². The first-order valence-corrected chi connectivity index (χ1v) is 14.9. The molecule has 0 bridgehead atoms. The number of hydrogen-bond donors (Lipinski definition) is 4. The summed E-state index contributed by atoms with van der Waals surface area (Å²) in [5, 5.41) is 8.04. The zero-order valence-corrected chi connectivity index (χ0v) is 26.5. The predicted molar refractivity (Wildman–Crippen MR) is 167 cm³/mol. The minimum absolute atomic E-state index is 0.0107. The second-order valence-corrected chi connectivity index (χ2v) is 11.9. The Morgan fingerprint density at radius 1 is 1.02 bits per heavy atom. The number of nitrogen functional groups attached to an aromatic ring is 1. The number of nitrogens with two attached hydrogens (primary N) is 1. The number of hydrogen-bond acceptors (Lipinski definition) is 8. The van der Waals surface area contributed by atoms with Gasteiger partial charge in [-0.1, -0.05) is 42.5 Å². The van der Waals surface area contributed by atoms with Crippen LogP contribution in [0.2, 0.25) is 0 Å². The van der Waals surface area contributed by atoms with Crippen LogP contribution < -0.4 is 21.7 Å². The maximum absolute atomic E-state index is 13.8. The molecule has 2 aromatic carbocycles. The van der Waals surface area contributed by atoms with E-state index in [-0.39, 0.29) is 32.1 Å². The van der Waals surface area contributed by atoms with E-state index < -0.39 is 47.7 Å². The molecule has 0 aromatic heterocycles. The molecule has 1 heterocycles. The van der Waals surface area contributed by atoms with Gasteiger partial charge in [0.25, 0.3) is 0 Å². The molecule has 0 spiro atoms. The van der Waals surface area contributed by atoms with Crippen LogP contribution in [-0.2, 0) is 37.0 Å². The number of carbonyl (C=O) groups excluding carboxylic acids is 5. The zero-order chi connectivity index (χ0) is 33.1. The standard InChI is InChI=1S/C32H44N6O7/c1-21(37(5)31(43)45-32(2,3)4)27(39)36-25(19-35-30(42)44-20-22-11-7-6-8-12-22)29(41)38-16-10-15-26(38)28(40)34-18-23-13-9-14-24(33)17-23/h6-9,11-14,17,21,25-26H,10,15-16,18-20,33H2,1-5H3,(H,34,40)(H,35,42)(H,36,39)/t21-,25-,26-/m0/s1. The maximum Gasteiger partial charge on any atom is 0.410 e. The Kier molecular flexibility index (Phi) is 12.2. The van der Waals surface area contributed by atoms with Crippen LogP contribution >= 0.6 is 0 Å². The molecule has 244 valence electrons. The van der Waals surface area contributed by atoms with Crippen LogP contribution in [0.3, 0.4) is 0 Å². The molecule has 45 heavy (non-hydrogen) atoms. The normalized spacial score (nSPS) is 15.8. The Morgan fingerprint density at radius 3 is 2.38 bits per heavy atom. The Balaban J connectivity index is 1.70. The first-order chi connectivity index (χ1) is 21.2. The summed E-state index contributed by atoms with van der Waals surface area (Å²) in [5.74, 6) is -1.55. The molecule has 0 radical (unpaired) electrons. The monoisotopic (exact) mass is 624 g/mol. The molecule has 1 aliphatic heterocycles. The summed E-state index contributed by atoms with van der Waals surface area (Å²) in [6.45, 7) is 6.83. The fraction of sp³-hybridized carbons (Fsp3) is 0.469. The number of benzene rings is 2. The van der Waals surface area contributed by atoms with Gasteiger partial charge in [0.2, 0.25) is 17.7 Å². The summed E-state index contributed by atoms with van der Waals surface area (Å²) < 4.78 is 10.6. The number of alkyl carbamates (subject to hydrolysis) is 1. The lowest BCUT2D eigenvalue weighted by molar-refractivity contribution is -0.141. The first kappa shape index (κ1) is 34.7. The number of anilines is 1. The fourth-order valence-corrected chi connectivity index (χ4v) is 4.63. The van der Waals surface area contributed by atoms with Crippen molar-refractivity contribution < 1.29 is 33.4 Å². The summed E-state index contributed by atoms with van der Waals surface area (Å²) in [4.78, 5) is 67.9. The SMILES string of the molecule is C[C@@H](C(=O)N[C@@H](CNC(=O)OCc1ccccc1)C(=O)N1CCC[C@H]1C(=O)NCc1cccc(N)c1)N(C)C(=O)OC(C)(C)C. The van der Waals surface area contributed by atoms with Gasteiger partial charge in [-0.25, -0.2) is 9.59 Å². The van der Waals surface area contributed by atoms with Gasteiger partial charge in [0.1, 0.15) is 30.3 Å². The minimum atomic E-state index is -1.25. The largest absolute Gasteiger partial charge is 0.445 e. The number of carbonyl (C=O) groups is 5. The summed E-state index contributed by atoms with van der Waals surface area (Å²) in [6.07, 6.45) is -0.498. The average Bonchev–Trinajstić information content (AvgIpc) is 3.49. The van der Waals surface area contributed by atoms with Crippen LogP contribution in [0.5, 0.6) is 0 Å². The molecule has 1 fully saturated rings. The lowest BCUT2D eigenvalue weighted by atomic mass is 10.1. The van der Waals surface area contributed by atoms with Crippen LogP contribution in [0.25, 0.3) is 0 Å².